The number of benzene rings is 2. The molecule has 2 heterocycles. The maximum Gasteiger partial charge on any atom is 0.120 e. The number of hydrogen-bond donors (Lipinski definition) is 0. The van der Waals surface area contributed by atoms with E-state index in [-0.39, 0.29) is 0 Å². The Labute approximate surface area is 151 Å². The Kier molecular flexibility index (Phi) is 3.88. The van der Waals surface area contributed by atoms with Crippen LogP contribution in [0.1, 0.15) is 0 Å². The van der Waals surface area contributed by atoms with Crippen molar-refractivity contribution in [2.24, 2.45) is 14.1 Å². The Balaban J connectivity index is 1.80. The van der Waals surface area contributed by atoms with Crippen molar-refractivity contribution in [2.75, 3.05) is 14.2 Å². The highest BCUT2D eigenvalue weighted by atomic mass is 32.2. The fraction of sp³-hybridized carbons (Fsp3) is 0.200. The van der Waals surface area contributed by atoms with Gasteiger partial charge in [0.1, 0.15) is 11.5 Å². The first-order valence-corrected chi connectivity index (χ1v) is 8.86. The second-order valence-corrected chi connectivity index (χ2v) is 7.16. The Hall–Kier alpha value is -2.53. The molecule has 2 aromatic heterocycles. The predicted octanol–water partition coefficient (Wildman–Crippen LogP) is 4.84. The fourth-order valence-electron chi connectivity index (χ4n) is 3.19. The summed E-state index contributed by atoms with van der Waals surface area (Å²) in [6.07, 6.45) is 4.36. The summed E-state index contributed by atoms with van der Waals surface area (Å²) in [4.78, 5) is 2.48. The average molecular weight is 352 g/mol. The summed E-state index contributed by atoms with van der Waals surface area (Å²) in [6, 6.07) is 12.4. The molecule has 0 amide bonds. The van der Waals surface area contributed by atoms with Crippen LogP contribution in [0.25, 0.3) is 21.8 Å². The highest BCUT2D eigenvalue weighted by Crippen LogP contribution is 2.40. The molecule has 0 saturated heterocycles. The molecule has 2 aromatic carbocycles. The lowest BCUT2D eigenvalue weighted by Gasteiger charge is -2.02. The summed E-state index contributed by atoms with van der Waals surface area (Å²) in [6.45, 7) is 0. The van der Waals surface area contributed by atoms with E-state index in [0.29, 0.717) is 0 Å². The Morgan fingerprint density at radius 3 is 1.56 bits per heavy atom. The van der Waals surface area contributed by atoms with Crippen LogP contribution >= 0.6 is 11.8 Å². The van der Waals surface area contributed by atoms with Crippen molar-refractivity contribution in [3.8, 4) is 11.5 Å². The van der Waals surface area contributed by atoms with Crippen molar-refractivity contribution in [2.45, 2.75) is 9.79 Å². The second-order valence-electron chi connectivity index (χ2n) is 6.08. The summed E-state index contributed by atoms with van der Waals surface area (Å²) in [5, 5.41) is 2.47. The molecule has 4 rings (SSSR count). The molecule has 0 bridgehead atoms. The van der Waals surface area contributed by atoms with E-state index in [4.69, 9.17) is 9.47 Å². The third-order valence-electron chi connectivity index (χ3n) is 4.54. The molecule has 0 spiro atoms. The lowest BCUT2D eigenvalue weighted by Crippen LogP contribution is -1.86. The fourth-order valence-corrected chi connectivity index (χ4v) is 4.41. The third kappa shape index (κ3) is 2.65. The maximum absolute atomic E-state index is 5.35. The summed E-state index contributed by atoms with van der Waals surface area (Å²) < 4.78 is 15.0. The van der Waals surface area contributed by atoms with Crippen LogP contribution in [-0.2, 0) is 14.1 Å². The van der Waals surface area contributed by atoms with E-state index in [0.717, 1.165) is 11.5 Å². The quantitative estimate of drug-likeness (QED) is 0.526. The number of methoxy groups -OCH3 is 2. The molecule has 5 heteroatoms. The number of aromatic nitrogens is 2. The summed E-state index contributed by atoms with van der Waals surface area (Å²) >= 11 is 1.79. The van der Waals surface area contributed by atoms with Crippen molar-refractivity contribution in [1.82, 2.24) is 9.13 Å². The first kappa shape index (κ1) is 16.0. The van der Waals surface area contributed by atoms with Crippen LogP contribution in [0.5, 0.6) is 11.5 Å². The Morgan fingerprint density at radius 1 is 0.720 bits per heavy atom. The van der Waals surface area contributed by atoms with E-state index in [1.165, 1.54) is 31.6 Å². The maximum atomic E-state index is 5.35. The summed E-state index contributed by atoms with van der Waals surface area (Å²) in [5.41, 5.74) is 2.34. The van der Waals surface area contributed by atoms with Crippen LogP contribution in [0, 0.1) is 0 Å². The van der Waals surface area contributed by atoms with Gasteiger partial charge in [0.25, 0.3) is 0 Å². The smallest absolute Gasteiger partial charge is 0.120 e. The van der Waals surface area contributed by atoms with Crippen molar-refractivity contribution in [1.29, 1.82) is 0 Å². The van der Waals surface area contributed by atoms with Crippen molar-refractivity contribution >= 4 is 33.6 Å². The van der Waals surface area contributed by atoms with E-state index >= 15 is 0 Å². The van der Waals surface area contributed by atoms with Crippen molar-refractivity contribution < 1.29 is 9.47 Å². The summed E-state index contributed by atoms with van der Waals surface area (Å²) in [5.74, 6) is 1.75. The topological polar surface area (TPSA) is 28.3 Å². The third-order valence-corrected chi connectivity index (χ3v) is 5.63. The van der Waals surface area contributed by atoms with Crippen LogP contribution in [0.2, 0.25) is 0 Å². The van der Waals surface area contributed by atoms with Gasteiger partial charge in [0.05, 0.1) is 25.3 Å². The van der Waals surface area contributed by atoms with Gasteiger partial charge in [-0.1, -0.05) is 11.8 Å². The largest absolute Gasteiger partial charge is 0.497 e. The molecular weight excluding hydrogens is 332 g/mol. The zero-order valence-corrected chi connectivity index (χ0v) is 15.6. The highest BCUT2D eigenvalue weighted by molar-refractivity contribution is 7.99. The SMILES string of the molecule is COc1ccc2c(Sc3cn(C)c4cc(OC)ccc34)cn(C)c2c1. The number of fused-ring (bicyclic) bond motifs is 2. The van der Waals surface area contributed by atoms with E-state index < -0.39 is 0 Å². The van der Waals surface area contributed by atoms with E-state index in [1.807, 2.05) is 12.1 Å². The van der Waals surface area contributed by atoms with Gasteiger partial charge in [-0.15, -0.1) is 0 Å². The van der Waals surface area contributed by atoms with Gasteiger partial charge in [0.2, 0.25) is 0 Å². The molecule has 0 aliphatic carbocycles. The molecule has 0 N–H and O–H groups in total. The first-order chi connectivity index (χ1) is 12.1. The van der Waals surface area contributed by atoms with Gasteiger partial charge in [-0.2, -0.15) is 0 Å². The molecule has 0 fully saturated rings. The highest BCUT2D eigenvalue weighted by Gasteiger charge is 2.13. The molecule has 25 heavy (non-hydrogen) atoms. The minimum absolute atomic E-state index is 0.877. The van der Waals surface area contributed by atoms with Crippen LogP contribution < -0.4 is 9.47 Å². The number of rotatable bonds is 4. The number of ether oxygens (including phenoxy) is 2. The lowest BCUT2D eigenvalue weighted by molar-refractivity contribution is 0.415. The summed E-state index contributed by atoms with van der Waals surface area (Å²) in [7, 11) is 7.54. The molecule has 0 unspecified atom stereocenters. The zero-order chi connectivity index (χ0) is 17.6. The van der Waals surface area contributed by atoms with Gasteiger partial charge >= 0.3 is 0 Å². The zero-order valence-electron chi connectivity index (χ0n) is 14.7. The van der Waals surface area contributed by atoms with Gasteiger partial charge in [-0.3, -0.25) is 0 Å². The molecule has 4 nitrogen and oxygen atoms in total. The van der Waals surface area contributed by atoms with E-state index in [1.54, 1.807) is 26.0 Å². The van der Waals surface area contributed by atoms with Crippen LogP contribution in [0.15, 0.2) is 58.6 Å². The molecule has 0 aliphatic rings. The molecule has 0 saturated carbocycles. The van der Waals surface area contributed by atoms with Crippen LogP contribution in [-0.4, -0.2) is 23.4 Å². The van der Waals surface area contributed by atoms with Crippen LogP contribution in [0.4, 0.5) is 0 Å². The Morgan fingerprint density at radius 2 is 1.16 bits per heavy atom. The molecule has 0 radical (unpaired) electrons. The number of hydrogen-bond acceptors (Lipinski definition) is 3. The molecule has 4 aromatic rings. The predicted molar refractivity (Wildman–Crippen MR) is 103 cm³/mol. The molecule has 0 atom stereocenters. The van der Waals surface area contributed by atoms with Gasteiger partial charge in [0, 0.05) is 59.2 Å². The Bertz CT molecular complexity index is 992. The lowest BCUT2D eigenvalue weighted by atomic mass is 10.2. The monoisotopic (exact) mass is 352 g/mol. The average Bonchev–Trinajstić information content (AvgIpc) is 3.12. The molecule has 128 valence electrons. The van der Waals surface area contributed by atoms with Gasteiger partial charge in [0.15, 0.2) is 0 Å². The van der Waals surface area contributed by atoms with E-state index in [2.05, 4.69) is 59.9 Å². The first-order valence-electron chi connectivity index (χ1n) is 8.04. The van der Waals surface area contributed by atoms with Gasteiger partial charge in [-0.05, 0) is 24.3 Å². The van der Waals surface area contributed by atoms with Crippen molar-refractivity contribution in [3.63, 3.8) is 0 Å². The van der Waals surface area contributed by atoms with Gasteiger partial charge in [-0.25, -0.2) is 0 Å². The van der Waals surface area contributed by atoms with Crippen molar-refractivity contribution in [3.05, 3.63) is 48.8 Å². The van der Waals surface area contributed by atoms with E-state index in [9.17, 15) is 0 Å². The van der Waals surface area contributed by atoms with Crippen LogP contribution in [0.3, 0.4) is 0 Å². The standard InChI is InChI=1S/C20H20N2O2S/c1-21-11-19(15-7-5-13(23-3)9-17(15)21)25-20-12-22(2)18-10-14(24-4)6-8-16(18)20/h5-12H,1-4H3. The molecular formula is C20H20N2O2S. The number of aryl methyl sites for hydroxylation is 2. The minimum atomic E-state index is 0.877. The minimum Gasteiger partial charge on any atom is -0.497 e. The molecule has 0 aliphatic heterocycles. The van der Waals surface area contributed by atoms with Gasteiger partial charge < -0.3 is 18.6 Å². The normalized spacial score (nSPS) is 11.4. The second kappa shape index (κ2) is 6.08. The number of nitrogens with zero attached hydrogens (tertiary/aromatic N) is 2.